The molecule has 0 aromatic heterocycles. The number of benzene rings is 2. The zero-order chi connectivity index (χ0) is 13.2. The molecule has 94 valence electrons. The molecule has 3 nitrogen and oxygen atoms in total. The van der Waals surface area contributed by atoms with Crippen molar-refractivity contribution < 1.29 is 4.79 Å². The minimum Gasteiger partial charge on any atom is -0.341 e. The lowest BCUT2D eigenvalue weighted by Gasteiger charge is -2.01. The fourth-order valence-electron chi connectivity index (χ4n) is 1.25. The maximum atomic E-state index is 10.8. The van der Waals surface area contributed by atoms with Gasteiger partial charge in [0.2, 0.25) is 0 Å². The van der Waals surface area contributed by atoms with Crippen LogP contribution in [0.2, 0.25) is 0 Å². The van der Waals surface area contributed by atoms with Gasteiger partial charge in [-0.3, -0.25) is 0 Å². The molecule has 0 aliphatic heterocycles. The molecule has 0 fully saturated rings. The zero-order valence-electron chi connectivity index (χ0n) is 10.7. The molecule has 0 aliphatic rings. The van der Waals surface area contributed by atoms with E-state index in [2.05, 4.69) is 29.7 Å². The first-order chi connectivity index (χ1) is 8.72. The van der Waals surface area contributed by atoms with Crippen molar-refractivity contribution in [1.29, 1.82) is 0 Å². The van der Waals surface area contributed by atoms with Crippen LogP contribution in [0, 0.1) is 6.92 Å². The van der Waals surface area contributed by atoms with E-state index in [1.54, 1.807) is 7.05 Å². The van der Waals surface area contributed by atoms with E-state index in [-0.39, 0.29) is 6.03 Å². The molecular formula is C15H18N2O. The van der Waals surface area contributed by atoms with Gasteiger partial charge in [-0.2, -0.15) is 0 Å². The molecule has 2 rings (SSSR count). The van der Waals surface area contributed by atoms with E-state index in [9.17, 15) is 4.79 Å². The standard InChI is InChI=1S/C8H10N2O.C7H8/c1-9-8(11)10-7-5-3-2-4-6-7;1-7-5-3-2-4-6-7/h2-6H,1H3,(H2,9,10,11);2-6H,1H3. The van der Waals surface area contributed by atoms with Gasteiger partial charge < -0.3 is 10.6 Å². The van der Waals surface area contributed by atoms with E-state index in [0.29, 0.717) is 0 Å². The quantitative estimate of drug-likeness (QED) is 0.790. The van der Waals surface area contributed by atoms with Crippen molar-refractivity contribution in [1.82, 2.24) is 5.32 Å². The third kappa shape index (κ3) is 5.70. The van der Waals surface area contributed by atoms with E-state index in [4.69, 9.17) is 0 Å². The molecule has 0 saturated heterocycles. The molecule has 0 bridgehead atoms. The number of carbonyl (C=O) groups excluding carboxylic acids is 1. The fourth-order valence-corrected chi connectivity index (χ4v) is 1.25. The van der Waals surface area contributed by atoms with Crippen LogP contribution in [0.15, 0.2) is 60.7 Å². The summed E-state index contributed by atoms with van der Waals surface area (Å²) in [6.45, 7) is 2.08. The van der Waals surface area contributed by atoms with Crippen molar-refractivity contribution >= 4 is 11.7 Å². The Hall–Kier alpha value is -2.29. The van der Waals surface area contributed by atoms with Gasteiger partial charge in [0.05, 0.1) is 0 Å². The summed E-state index contributed by atoms with van der Waals surface area (Å²) in [6.07, 6.45) is 0. The second-order valence-electron chi connectivity index (χ2n) is 3.72. The highest BCUT2D eigenvalue weighted by molar-refractivity contribution is 5.88. The second-order valence-corrected chi connectivity index (χ2v) is 3.72. The highest BCUT2D eigenvalue weighted by atomic mass is 16.2. The van der Waals surface area contributed by atoms with Crippen LogP contribution in [-0.4, -0.2) is 13.1 Å². The minimum absolute atomic E-state index is 0.198. The Kier molecular flexibility index (Phi) is 6.04. The summed E-state index contributed by atoms with van der Waals surface area (Å²) in [6, 6.07) is 19.4. The lowest BCUT2D eigenvalue weighted by atomic mass is 10.2. The van der Waals surface area contributed by atoms with Crippen LogP contribution >= 0.6 is 0 Å². The van der Waals surface area contributed by atoms with E-state index < -0.39 is 0 Å². The first kappa shape index (κ1) is 13.8. The zero-order valence-corrected chi connectivity index (χ0v) is 10.7. The van der Waals surface area contributed by atoms with Crippen molar-refractivity contribution in [3.8, 4) is 0 Å². The van der Waals surface area contributed by atoms with Gasteiger partial charge >= 0.3 is 6.03 Å². The van der Waals surface area contributed by atoms with Crippen LogP contribution in [0.1, 0.15) is 5.56 Å². The highest BCUT2D eigenvalue weighted by Crippen LogP contribution is 2.03. The smallest absolute Gasteiger partial charge is 0.318 e. The van der Waals surface area contributed by atoms with Gasteiger partial charge in [-0.1, -0.05) is 54.1 Å². The molecule has 0 atom stereocenters. The van der Waals surface area contributed by atoms with Crippen molar-refractivity contribution in [2.24, 2.45) is 0 Å². The third-order valence-corrected chi connectivity index (χ3v) is 2.20. The first-order valence-electron chi connectivity index (χ1n) is 5.78. The van der Waals surface area contributed by atoms with Crippen molar-refractivity contribution in [2.75, 3.05) is 12.4 Å². The Bertz CT molecular complexity index is 454. The molecule has 2 N–H and O–H groups in total. The van der Waals surface area contributed by atoms with Crippen molar-refractivity contribution in [3.63, 3.8) is 0 Å². The molecule has 0 heterocycles. The van der Waals surface area contributed by atoms with Gasteiger partial charge in [-0.25, -0.2) is 4.79 Å². The first-order valence-corrected chi connectivity index (χ1v) is 5.78. The van der Waals surface area contributed by atoms with Crippen LogP contribution in [-0.2, 0) is 0 Å². The number of hydrogen-bond donors (Lipinski definition) is 2. The highest BCUT2D eigenvalue weighted by Gasteiger charge is 1.94. The average Bonchev–Trinajstić information content (AvgIpc) is 2.41. The van der Waals surface area contributed by atoms with E-state index in [1.165, 1.54) is 5.56 Å². The Morgan fingerprint density at radius 1 is 0.889 bits per heavy atom. The van der Waals surface area contributed by atoms with Crippen LogP contribution in [0.4, 0.5) is 10.5 Å². The third-order valence-electron chi connectivity index (χ3n) is 2.20. The molecular weight excluding hydrogens is 224 g/mol. The van der Waals surface area contributed by atoms with E-state index in [0.717, 1.165) is 5.69 Å². The van der Waals surface area contributed by atoms with Gasteiger partial charge in [0.25, 0.3) is 0 Å². The second kappa shape index (κ2) is 7.90. The number of para-hydroxylation sites is 1. The number of rotatable bonds is 1. The predicted molar refractivity (Wildman–Crippen MR) is 75.7 cm³/mol. The molecule has 2 aromatic carbocycles. The number of carbonyl (C=O) groups is 1. The Morgan fingerprint density at radius 2 is 1.39 bits per heavy atom. The van der Waals surface area contributed by atoms with Crippen LogP contribution in [0.5, 0.6) is 0 Å². The van der Waals surface area contributed by atoms with E-state index >= 15 is 0 Å². The van der Waals surface area contributed by atoms with Gasteiger partial charge in [0.1, 0.15) is 0 Å². The Balaban J connectivity index is 0.000000199. The molecule has 0 radical (unpaired) electrons. The molecule has 0 spiro atoms. The van der Waals surface area contributed by atoms with E-state index in [1.807, 2.05) is 48.5 Å². The minimum atomic E-state index is -0.198. The number of amides is 2. The summed E-state index contributed by atoms with van der Waals surface area (Å²) in [4.78, 5) is 10.8. The predicted octanol–water partition coefficient (Wildman–Crippen LogP) is 3.43. The summed E-state index contributed by atoms with van der Waals surface area (Å²) in [5, 5.41) is 5.10. The largest absolute Gasteiger partial charge is 0.341 e. The molecule has 0 saturated carbocycles. The number of hydrogen-bond acceptors (Lipinski definition) is 1. The molecule has 2 amide bonds. The number of nitrogens with one attached hydrogen (secondary N) is 2. The van der Waals surface area contributed by atoms with Crippen LogP contribution < -0.4 is 10.6 Å². The Morgan fingerprint density at radius 3 is 1.78 bits per heavy atom. The van der Waals surface area contributed by atoms with Crippen LogP contribution in [0.3, 0.4) is 0 Å². The average molecular weight is 242 g/mol. The molecule has 0 aliphatic carbocycles. The van der Waals surface area contributed by atoms with Gasteiger partial charge in [-0.05, 0) is 19.1 Å². The number of aryl methyl sites for hydroxylation is 1. The molecule has 2 aromatic rings. The van der Waals surface area contributed by atoms with Crippen LogP contribution in [0.25, 0.3) is 0 Å². The lowest BCUT2D eigenvalue weighted by Crippen LogP contribution is -2.24. The summed E-state index contributed by atoms with van der Waals surface area (Å²) in [5.74, 6) is 0. The number of anilines is 1. The topological polar surface area (TPSA) is 41.1 Å². The molecule has 18 heavy (non-hydrogen) atoms. The summed E-state index contributed by atoms with van der Waals surface area (Å²) in [7, 11) is 1.58. The summed E-state index contributed by atoms with van der Waals surface area (Å²) in [5.41, 5.74) is 2.12. The van der Waals surface area contributed by atoms with Gasteiger partial charge in [0.15, 0.2) is 0 Å². The summed E-state index contributed by atoms with van der Waals surface area (Å²) < 4.78 is 0. The maximum Gasteiger partial charge on any atom is 0.318 e. The normalized spacial score (nSPS) is 8.78. The number of urea groups is 1. The molecule has 3 heteroatoms. The summed E-state index contributed by atoms with van der Waals surface area (Å²) >= 11 is 0. The fraction of sp³-hybridized carbons (Fsp3) is 0.133. The lowest BCUT2D eigenvalue weighted by molar-refractivity contribution is 0.254. The SMILES string of the molecule is CNC(=O)Nc1ccccc1.Cc1ccccc1. The van der Waals surface area contributed by atoms with Gasteiger partial charge in [0, 0.05) is 12.7 Å². The van der Waals surface area contributed by atoms with Gasteiger partial charge in [-0.15, -0.1) is 0 Å². The molecule has 0 unspecified atom stereocenters. The van der Waals surface area contributed by atoms with Crippen molar-refractivity contribution in [3.05, 3.63) is 66.2 Å². The monoisotopic (exact) mass is 242 g/mol. The van der Waals surface area contributed by atoms with Crippen molar-refractivity contribution in [2.45, 2.75) is 6.92 Å². The Labute approximate surface area is 108 Å². The maximum absolute atomic E-state index is 10.8.